The Morgan fingerprint density at radius 3 is 3.00 bits per heavy atom. The topological polar surface area (TPSA) is 54.7 Å². The van der Waals surface area contributed by atoms with Gasteiger partial charge in [0.2, 0.25) is 0 Å². The highest BCUT2D eigenvalue weighted by molar-refractivity contribution is 5.39. The van der Waals surface area contributed by atoms with Crippen molar-refractivity contribution in [2.45, 2.75) is 26.2 Å². The van der Waals surface area contributed by atoms with Gasteiger partial charge in [-0.3, -0.25) is 5.10 Å². The van der Waals surface area contributed by atoms with E-state index in [4.69, 9.17) is 5.73 Å². The van der Waals surface area contributed by atoms with Crippen LogP contribution in [-0.2, 0) is 6.42 Å². The van der Waals surface area contributed by atoms with Crippen LogP contribution in [-0.4, -0.2) is 10.2 Å². The molecule has 0 radical (unpaired) electrons. The van der Waals surface area contributed by atoms with Crippen LogP contribution in [0.2, 0.25) is 0 Å². The van der Waals surface area contributed by atoms with E-state index in [1.54, 1.807) is 6.20 Å². The second-order valence-electron chi connectivity index (χ2n) is 2.39. The summed E-state index contributed by atoms with van der Waals surface area (Å²) in [7, 11) is 0. The molecule has 3 nitrogen and oxygen atoms in total. The van der Waals surface area contributed by atoms with Gasteiger partial charge >= 0.3 is 0 Å². The molecule has 56 valence electrons. The van der Waals surface area contributed by atoms with Crippen molar-refractivity contribution in [1.29, 1.82) is 0 Å². The fourth-order valence-electron chi connectivity index (χ4n) is 0.872. The average Bonchev–Trinajstić information content (AvgIpc) is 2.31. The maximum absolute atomic E-state index is 5.59. The first kappa shape index (κ1) is 7.12. The Labute approximate surface area is 60.6 Å². The van der Waals surface area contributed by atoms with Crippen LogP contribution in [0.3, 0.4) is 0 Å². The first-order valence-corrected chi connectivity index (χ1v) is 3.62. The molecule has 3 heteroatoms. The van der Waals surface area contributed by atoms with E-state index in [1.807, 2.05) is 0 Å². The molecule has 0 fully saturated rings. The number of hydrogen-bond acceptors (Lipinski definition) is 2. The van der Waals surface area contributed by atoms with Crippen molar-refractivity contribution < 1.29 is 0 Å². The summed E-state index contributed by atoms with van der Waals surface area (Å²) < 4.78 is 0. The van der Waals surface area contributed by atoms with Gasteiger partial charge in [0.05, 0.1) is 11.4 Å². The van der Waals surface area contributed by atoms with Gasteiger partial charge < -0.3 is 5.73 Å². The normalized spacial score (nSPS) is 10.1. The number of unbranched alkanes of at least 4 members (excludes halogenated alkanes) is 1. The fraction of sp³-hybridized carbons (Fsp3) is 0.571. The lowest BCUT2D eigenvalue weighted by atomic mass is 10.2. The molecule has 0 aliphatic carbocycles. The Kier molecular flexibility index (Phi) is 2.31. The van der Waals surface area contributed by atoms with Gasteiger partial charge in [-0.2, -0.15) is 5.10 Å². The van der Waals surface area contributed by atoms with Crippen molar-refractivity contribution in [2.24, 2.45) is 0 Å². The predicted octanol–water partition coefficient (Wildman–Crippen LogP) is 1.33. The molecule has 0 bridgehead atoms. The second kappa shape index (κ2) is 3.25. The van der Waals surface area contributed by atoms with E-state index in [-0.39, 0.29) is 0 Å². The van der Waals surface area contributed by atoms with Crippen LogP contribution < -0.4 is 5.73 Å². The number of nitrogens with zero attached hydrogens (tertiary/aromatic N) is 1. The molecule has 10 heavy (non-hydrogen) atoms. The van der Waals surface area contributed by atoms with Gasteiger partial charge in [0, 0.05) is 6.20 Å². The molecule has 0 aromatic carbocycles. The van der Waals surface area contributed by atoms with E-state index in [1.165, 1.54) is 6.42 Å². The summed E-state index contributed by atoms with van der Waals surface area (Å²) in [6.07, 6.45) is 5.07. The average molecular weight is 139 g/mol. The summed E-state index contributed by atoms with van der Waals surface area (Å²) >= 11 is 0. The Morgan fingerprint density at radius 1 is 1.70 bits per heavy atom. The number of H-pyrrole nitrogens is 1. The standard InChI is InChI=1S/C7H13N3/c1-2-3-4-7-6(8)5-9-10-7/h5H,2-4,8H2,1H3,(H,9,10). The largest absolute Gasteiger partial charge is 0.396 e. The van der Waals surface area contributed by atoms with Gasteiger partial charge in [-0.15, -0.1) is 0 Å². The summed E-state index contributed by atoms with van der Waals surface area (Å²) in [4.78, 5) is 0. The van der Waals surface area contributed by atoms with Gasteiger partial charge in [0.25, 0.3) is 0 Å². The van der Waals surface area contributed by atoms with Crippen LogP contribution in [0.15, 0.2) is 6.20 Å². The van der Waals surface area contributed by atoms with Gasteiger partial charge in [-0.05, 0) is 12.8 Å². The SMILES string of the molecule is CCCCc1n[nH]cc1N. The second-order valence-corrected chi connectivity index (χ2v) is 2.39. The number of nitrogens with two attached hydrogens (primary N) is 1. The molecule has 1 heterocycles. The Hall–Kier alpha value is -0.990. The third-order valence-electron chi connectivity index (χ3n) is 1.52. The van der Waals surface area contributed by atoms with Crippen LogP contribution in [0.1, 0.15) is 25.5 Å². The number of hydrogen-bond donors (Lipinski definition) is 2. The zero-order valence-electron chi connectivity index (χ0n) is 6.22. The number of nitrogen functional groups attached to an aromatic ring is 1. The Bertz CT molecular complexity index is 192. The summed E-state index contributed by atoms with van der Waals surface area (Å²) in [6, 6.07) is 0. The Balaban J connectivity index is 2.49. The van der Waals surface area contributed by atoms with E-state index < -0.39 is 0 Å². The van der Waals surface area contributed by atoms with Crippen molar-refractivity contribution in [3.8, 4) is 0 Å². The summed E-state index contributed by atoms with van der Waals surface area (Å²) in [5.74, 6) is 0. The molecule has 0 saturated heterocycles. The highest BCUT2D eigenvalue weighted by Gasteiger charge is 1.98. The van der Waals surface area contributed by atoms with Gasteiger partial charge in [-0.25, -0.2) is 0 Å². The fourth-order valence-corrected chi connectivity index (χ4v) is 0.872. The maximum atomic E-state index is 5.59. The zero-order valence-corrected chi connectivity index (χ0v) is 6.22. The summed E-state index contributed by atoms with van der Waals surface area (Å²) in [5.41, 5.74) is 7.37. The lowest BCUT2D eigenvalue weighted by Crippen LogP contribution is -1.91. The first-order valence-electron chi connectivity index (χ1n) is 3.62. The molecule has 3 N–H and O–H groups in total. The Morgan fingerprint density at radius 2 is 2.50 bits per heavy atom. The minimum absolute atomic E-state index is 0.786. The molecule has 1 rings (SSSR count). The molecular weight excluding hydrogens is 126 g/mol. The van der Waals surface area contributed by atoms with Crippen LogP contribution in [0, 0.1) is 0 Å². The van der Waals surface area contributed by atoms with Gasteiger partial charge in [0.1, 0.15) is 0 Å². The van der Waals surface area contributed by atoms with E-state index in [9.17, 15) is 0 Å². The summed E-state index contributed by atoms with van der Waals surface area (Å²) in [5, 5.41) is 6.74. The summed E-state index contributed by atoms with van der Waals surface area (Å²) in [6.45, 7) is 2.16. The molecule has 0 saturated carbocycles. The van der Waals surface area contributed by atoms with Crippen LogP contribution >= 0.6 is 0 Å². The van der Waals surface area contributed by atoms with Crippen molar-refractivity contribution in [3.63, 3.8) is 0 Å². The third kappa shape index (κ3) is 1.50. The lowest BCUT2D eigenvalue weighted by molar-refractivity contribution is 0.773. The zero-order chi connectivity index (χ0) is 7.40. The lowest BCUT2D eigenvalue weighted by Gasteiger charge is -1.93. The first-order chi connectivity index (χ1) is 4.84. The molecule has 0 spiro atoms. The number of aromatic nitrogens is 2. The molecule has 1 aromatic heterocycles. The highest BCUT2D eigenvalue weighted by atomic mass is 15.1. The highest BCUT2D eigenvalue weighted by Crippen LogP contribution is 2.08. The molecule has 0 unspecified atom stereocenters. The predicted molar refractivity (Wildman–Crippen MR) is 41.6 cm³/mol. The smallest absolute Gasteiger partial charge is 0.0851 e. The molecular formula is C7H13N3. The van der Waals surface area contributed by atoms with Crippen LogP contribution in [0.25, 0.3) is 0 Å². The number of aromatic amines is 1. The molecule has 0 amide bonds. The number of aryl methyl sites for hydroxylation is 1. The van der Waals surface area contributed by atoms with E-state index >= 15 is 0 Å². The minimum Gasteiger partial charge on any atom is -0.396 e. The van der Waals surface area contributed by atoms with E-state index in [0.29, 0.717) is 0 Å². The molecule has 0 aliphatic rings. The third-order valence-corrected chi connectivity index (χ3v) is 1.52. The monoisotopic (exact) mass is 139 g/mol. The van der Waals surface area contributed by atoms with Crippen LogP contribution in [0.5, 0.6) is 0 Å². The number of anilines is 1. The van der Waals surface area contributed by atoms with Crippen molar-refractivity contribution in [3.05, 3.63) is 11.9 Å². The minimum atomic E-state index is 0.786. The number of rotatable bonds is 3. The van der Waals surface area contributed by atoms with Crippen molar-refractivity contribution >= 4 is 5.69 Å². The van der Waals surface area contributed by atoms with Crippen molar-refractivity contribution in [1.82, 2.24) is 10.2 Å². The van der Waals surface area contributed by atoms with E-state index in [2.05, 4.69) is 17.1 Å². The van der Waals surface area contributed by atoms with Crippen LogP contribution in [0.4, 0.5) is 5.69 Å². The number of nitrogens with one attached hydrogen (secondary N) is 1. The molecule has 1 aromatic rings. The quantitative estimate of drug-likeness (QED) is 0.663. The maximum Gasteiger partial charge on any atom is 0.0851 e. The molecule has 0 atom stereocenters. The van der Waals surface area contributed by atoms with E-state index in [0.717, 1.165) is 24.2 Å². The van der Waals surface area contributed by atoms with Gasteiger partial charge in [0.15, 0.2) is 0 Å². The van der Waals surface area contributed by atoms with Crippen molar-refractivity contribution in [2.75, 3.05) is 5.73 Å². The van der Waals surface area contributed by atoms with Gasteiger partial charge in [-0.1, -0.05) is 13.3 Å². The molecule has 0 aliphatic heterocycles.